The minimum Gasteiger partial charge on any atom is -0.384 e. The van der Waals surface area contributed by atoms with Crippen LogP contribution in [0.4, 0.5) is 5.82 Å². The van der Waals surface area contributed by atoms with Crippen LogP contribution < -0.4 is 5.73 Å². The van der Waals surface area contributed by atoms with Crippen molar-refractivity contribution in [2.24, 2.45) is 0 Å². The molecule has 3 rings (SSSR count). The molecule has 2 N–H and O–H groups in total. The molecule has 0 atom stereocenters. The van der Waals surface area contributed by atoms with Crippen LogP contribution in [-0.4, -0.2) is 9.78 Å². The maximum absolute atomic E-state index is 6.04. The first-order chi connectivity index (χ1) is 9.15. The lowest BCUT2D eigenvalue weighted by atomic mass is 10.3. The van der Waals surface area contributed by atoms with E-state index in [-0.39, 0.29) is 0 Å². The van der Waals surface area contributed by atoms with Gasteiger partial charge in [0.25, 0.3) is 0 Å². The van der Waals surface area contributed by atoms with Crippen LogP contribution in [0.1, 0.15) is 0 Å². The molecule has 2 heterocycles. The molecule has 0 radical (unpaired) electrons. The van der Waals surface area contributed by atoms with Crippen molar-refractivity contribution in [2.75, 3.05) is 5.73 Å². The Balaban J connectivity index is 2.07. The highest BCUT2D eigenvalue weighted by Gasteiger charge is 2.12. The lowest BCUT2D eigenvalue weighted by molar-refractivity contribution is 0.896. The Kier molecular flexibility index (Phi) is 3.47. The fraction of sp³-hybridized carbons (Fsp3) is 0. The zero-order valence-corrected chi connectivity index (χ0v) is 13.7. The summed E-state index contributed by atoms with van der Waals surface area (Å²) in [6.45, 7) is 0. The summed E-state index contributed by atoms with van der Waals surface area (Å²) in [6.07, 6.45) is 0. The van der Waals surface area contributed by atoms with Gasteiger partial charge in [-0.25, -0.2) is 4.68 Å². The van der Waals surface area contributed by atoms with Crippen molar-refractivity contribution in [3.63, 3.8) is 0 Å². The third-order valence-corrected chi connectivity index (χ3v) is 5.91. The zero-order chi connectivity index (χ0) is 13.4. The average molecular weight is 399 g/mol. The van der Waals surface area contributed by atoms with E-state index in [1.807, 2.05) is 42.5 Å². The molecule has 3 aromatic rings. The number of nitrogens with two attached hydrogens (primary N) is 1. The Morgan fingerprint density at radius 3 is 2.47 bits per heavy atom. The van der Waals surface area contributed by atoms with Crippen molar-refractivity contribution >= 4 is 49.0 Å². The van der Waals surface area contributed by atoms with Gasteiger partial charge in [0.1, 0.15) is 11.5 Å². The van der Waals surface area contributed by atoms with E-state index in [1.54, 1.807) is 16.0 Å². The quantitative estimate of drug-likeness (QED) is 0.679. The monoisotopic (exact) mass is 397 g/mol. The number of hydrogen-bond acceptors (Lipinski definition) is 3. The molecular formula is C13H9Br2N3S. The van der Waals surface area contributed by atoms with E-state index in [2.05, 4.69) is 37.0 Å². The van der Waals surface area contributed by atoms with Crippen LogP contribution >= 0.6 is 43.2 Å². The second-order valence-electron chi connectivity index (χ2n) is 3.93. The highest BCUT2D eigenvalue weighted by molar-refractivity contribution is 9.13. The fourth-order valence-corrected chi connectivity index (χ4v) is 3.76. The number of nitrogens with zero attached hydrogens (tertiary/aromatic N) is 2. The summed E-state index contributed by atoms with van der Waals surface area (Å²) >= 11 is 8.59. The van der Waals surface area contributed by atoms with E-state index in [1.165, 1.54) is 0 Å². The smallest absolute Gasteiger partial charge is 0.127 e. The Morgan fingerprint density at radius 1 is 1.11 bits per heavy atom. The fourth-order valence-electron chi connectivity index (χ4n) is 1.76. The van der Waals surface area contributed by atoms with Crippen molar-refractivity contribution in [1.82, 2.24) is 9.78 Å². The van der Waals surface area contributed by atoms with Gasteiger partial charge in [-0.05, 0) is 50.1 Å². The average Bonchev–Trinajstić information content (AvgIpc) is 2.95. The van der Waals surface area contributed by atoms with E-state index in [0.717, 1.165) is 24.5 Å². The molecule has 0 spiro atoms. The van der Waals surface area contributed by atoms with E-state index >= 15 is 0 Å². The number of benzene rings is 1. The largest absolute Gasteiger partial charge is 0.384 e. The van der Waals surface area contributed by atoms with Crippen molar-refractivity contribution in [2.45, 2.75) is 0 Å². The van der Waals surface area contributed by atoms with Gasteiger partial charge in [0.15, 0.2) is 0 Å². The number of para-hydroxylation sites is 1. The highest BCUT2D eigenvalue weighted by Crippen LogP contribution is 2.38. The molecule has 0 saturated carbocycles. The first-order valence-corrected chi connectivity index (χ1v) is 7.91. The molecular weight excluding hydrogens is 390 g/mol. The van der Waals surface area contributed by atoms with Gasteiger partial charge in [0.2, 0.25) is 0 Å². The van der Waals surface area contributed by atoms with E-state index in [0.29, 0.717) is 5.82 Å². The number of aromatic nitrogens is 2. The summed E-state index contributed by atoms with van der Waals surface area (Å²) in [5, 5.41) is 4.57. The molecule has 0 fully saturated rings. The molecule has 6 heteroatoms. The number of rotatable bonds is 2. The molecule has 0 saturated heterocycles. The minimum absolute atomic E-state index is 0.627. The summed E-state index contributed by atoms with van der Waals surface area (Å²) in [4.78, 5) is 1.07. The molecule has 0 bridgehead atoms. The van der Waals surface area contributed by atoms with Crippen LogP contribution in [0.2, 0.25) is 0 Å². The van der Waals surface area contributed by atoms with Crippen molar-refractivity contribution in [3.8, 4) is 16.3 Å². The standard InChI is InChI=1S/C13H9Br2N3S/c14-9-6-11(19-13(9)15)10-7-12(16)18(17-10)8-4-2-1-3-5-8/h1-7H,16H2. The van der Waals surface area contributed by atoms with Crippen LogP contribution in [-0.2, 0) is 0 Å². The van der Waals surface area contributed by atoms with E-state index < -0.39 is 0 Å². The molecule has 2 aromatic heterocycles. The third kappa shape index (κ3) is 2.48. The highest BCUT2D eigenvalue weighted by atomic mass is 79.9. The topological polar surface area (TPSA) is 43.8 Å². The first kappa shape index (κ1) is 12.9. The number of hydrogen-bond donors (Lipinski definition) is 1. The normalized spacial score (nSPS) is 10.8. The number of anilines is 1. The lowest BCUT2D eigenvalue weighted by Crippen LogP contribution is -2.00. The Bertz CT molecular complexity index is 699. The lowest BCUT2D eigenvalue weighted by Gasteiger charge is -2.02. The maximum Gasteiger partial charge on any atom is 0.127 e. The van der Waals surface area contributed by atoms with Crippen molar-refractivity contribution in [1.29, 1.82) is 0 Å². The molecule has 19 heavy (non-hydrogen) atoms. The molecule has 0 unspecified atom stereocenters. The van der Waals surface area contributed by atoms with Crippen LogP contribution in [0.15, 0.2) is 50.7 Å². The summed E-state index contributed by atoms with van der Waals surface area (Å²) in [7, 11) is 0. The molecule has 96 valence electrons. The SMILES string of the molecule is Nc1cc(-c2cc(Br)c(Br)s2)nn1-c1ccccc1. The van der Waals surface area contributed by atoms with E-state index in [4.69, 9.17) is 5.73 Å². The summed E-state index contributed by atoms with van der Waals surface area (Å²) in [5.41, 5.74) is 7.87. The van der Waals surface area contributed by atoms with E-state index in [9.17, 15) is 0 Å². The predicted octanol–water partition coefficient (Wildman–Crippen LogP) is 4.71. The summed E-state index contributed by atoms with van der Waals surface area (Å²) in [5.74, 6) is 0.627. The van der Waals surface area contributed by atoms with Crippen LogP contribution in [0.5, 0.6) is 0 Å². The Labute approximate surface area is 131 Å². The molecule has 0 amide bonds. The second-order valence-corrected chi connectivity index (χ2v) is 7.16. The van der Waals surface area contributed by atoms with Crippen LogP contribution in [0.3, 0.4) is 0 Å². The first-order valence-electron chi connectivity index (χ1n) is 5.51. The summed E-state index contributed by atoms with van der Waals surface area (Å²) < 4.78 is 3.83. The summed E-state index contributed by atoms with van der Waals surface area (Å²) in [6, 6.07) is 13.8. The van der Waals surface area contributed by atoms with Crippen molar-refractivity contribution in [3.05, 3.63) is 50.7 Å². The van der Waals surface area contributed by atoms with Gasteiger partial charge < -0.3 is 5.73 Å². The van der Waals surface area contributed by atoms with Crippen LogP contribution in [0, 0.1) is 0 Å². The van der Waals surface area contributed by atoms with Gasteiger partial charge in [-0.2, -0.15) is 5.10 Å². The minimum atomic E-state index is 0.627. The van der Waals surface area contributed by atoms with Crippen molar-refractivity contribution < 1.29 is 0 Å². The Morgan fingerprint density at radius 2 is 1.84 bits per heavy atom. The molecule has 3 nitrogen and oxygen atoms in total. The number of nitrogen functional groups attached to an aromatic ring is 1. The second kappa shape index (κ2) is 5.11. The third-order valence-electron chi connectivity index (χ3n) is 2.64. The maximum atomic E-state index is 6.04. The van der Waals surface area contributed by atoms with Gasteiger partial charge in [0.05, 0.1) is 14.4 Å². The number of thiophene rings is 1. The van der Waals surface area contributed by atoms with Gasteiger partial charge in [0, 0.05) is 10.5 Å². The van der Waals surface area contributed by atoms with Crippen LogP contribution in [0.25, 0.3) is 16.3 Å². The van der Waals surface area contributed by atoms with Gasteiger partial charge in [-0.15, -0.1) is 11.3 Å². The van der Waals surface area contributed by atoms with Gasteiger partial charge >= 0.3 is 0 Å². The molecule has 0 aliphatic rings. The molecule has 0 aliphatic carbocycles. The Hall–Kier alpha value is -1.11. The number of halogens is 2. The predicted molar refractivity (Wildman–Crippen MR) is 86.7 cm³/mol. The zero-order valence-electron chi connectivity index (χ0n) is 9.68. The molecule has 0 aliphatic heterocycles. The molecule has 1 aromatic carbocycles. The van der Waals surface area contributed by atoms with Gasteiger partial charge in [-0.1, -0.05) is 18.2 Å². The van der Waals surface area contributed by atoms with Gasteiger partial charge in [-0.3, -0.25) is 0 Å².